The zero-order valence-electron chi connectivity index (χ0n) is 18.2. The topological polar surface area (TPSA) is 105 Å². The molecule has 0 unspecified atom stereocenters. The first-order chi connectivity index (χ1) is 15.9. The number of fused-ring (bicyclic) bond motifs is 1. The predicted molar refractivity (Wildman–Crippen MR) is 122 cm³/mol. The van der Waals surface area contributed by atoms with E-state index in [-0.39, 0.29) is 35.0 Å². The average Bonchev–Trinajstić information content (AvgIpc) is 2.83. The molecule has 0 aromatic heterocycles. The standard InChI is InChI=1S/C26H24O7/c1-31-22-14-20(29)24(19(28)10-8-15-6-4-3-5-7-15)26-17(22)13-21(30)25(33-26)16-9-11-18(27)23(12-16)32-2/h3-12,14,21,25,27,29-30H,13H2,1-2H3/t21-,25+/m1/s1. The van der Waals surface area contributed by atoms with Gasteiger partial charge in [0.1, 0.15) is 28.9 Å². The normalized spacial score (nSPS) is 17.3. The largest absolute Gasteiger partial charge is 0.507 e. The maximum atomic E-state index is 13.1. The molecule has 170 valence electrons. The lowest BCUT2D eigenvalue weighted by molar-refractivity contribution is 0.0190. The molecule has 1 aliphatic rings. The summed E-state index contributed by atoms with van der Waals surface area (Å²) in [5.41, 5.74) is 1.85. The SMILES string of the molecule is COc1cc([C@@H]2Oc3c(c(OC)cc(O)c3C(=O)C=Cc3ccccc3)C[C@H]2O)ccc1O. The zero-order chi connectivity index (χ0) is 23.5. The fourth-order valence-electron chi connectivity index (χ4n) is 3.91. The van der Waals surface area contributed by atoms with Gasteiger partial charge in [-0.05, 0) is 29.3 Å². The van der Waals surface area contributed by atoms with E-state index >= 15 is 0 Å². The van der Waals surface area contributed by atoms with Crippen LogP contribution < -0.4 is 14.2 Å². The third-order valence-electron chi connectivity index (χ3n) is 5.56. The van der Waals surface area contributed by atoms with Crippen LogP contribution in [0.4, 0.5) is 0 Å². The number of ketones is 1. The second-order valence-corrected chi connectivity index (χ2v) is 7.63. The van der Waals surface area contributed by atoms with Gasteiger partial charge in [-0.25, -0.2) is 0 Å². The predicted octanol–water partition coefficient (Wildman–Crippen LogP) is 4.05. The van der Waals surface area contributed by atoms with Crippen LogP contribution in [0.25, 0.3) is 6.08 Å². The van der Waals surface area contributed by atoms with Gasteiger partial charge in [-0.3, -0.25) is 4.79 Å². The van der Waals surface area contributed by atoms with Crippen LogP contribution >= 0.6 is 0 Å². The van der Waals surface area contributed by atoms with E-state index in [1.165, 1.54) is 32.4 Å². The second kappa shape index (κ2) is 9.26. The van der Waals surface area contributed by atoms with E-state index in [4.69, 9.17) is 14.2 Å². The van der Waals surface area contributed by atoms with Crippen LogP contribution in [0.2, 0.25) is 0 Å². The fourth-order valence-corrected chi connectivity index (χ4v) is 3.91. The summed E-state index contributed by atoms with van der Waals surface area (Å²) >= 11 is 0. The Balaban J connectivity index is 1.76. The number of hydrogen-bond acceptors (Lipinski definition) is 7. The first-order valence-electron chi connectivity index (χ1n) is 10.3. The van der Waals surface area contributed by atoms with Gasteiger partial charge < -0.3 is 29.5 Å². The molecule has 7 heteroatoms. The molecule has 0 saturated heterocycles. The first kappa shape index (κ1) is 22.2. The molecule has 0 bridgehead atoms. The molecule has 0 radical (unpaired) electrons. The molecule has 1 aliphatic heterocycles. The summed E-state index contributed by atoms with van der Waals surface area (Å²) in [6, 6.07) is 15.3. The number of phenols is 2. The summed E-state index contributed by atoms with van der Waals surface area (Å²) in [4.78, 5) is 13.1. The highest BCUT2D eigenvalue weighted by molar-refractivity contribution is 6.11. The van der Waals surface area contributed by atoms with Crippen LogP contribution in [-0.4, -0.2) is 41.4 Å². The van der Waals surface area contributed by atoms with Gasteiger partial charge in [-0.2, -0.15) is 0 Å². The number of methoxy groups -OCH3 is 2. The molecule has 33 heavy (non-hydrogen) atoms. The maximum absolute atomic E-state index is 13.1. The Morgan fingerprint density at radius 2 is 1.73 bits per heavy atom. The van der Waals surface area contributed by atoms with E-state index in [0.29, 0.717) is 16.9 Å². The molecule has 0 saturated carbocycles. The number of aliphatic hydroxyl groups excluding tert-OH is 1. The minimum atomic E-state index is -0.965. The van der Waals surface area contributed by atoms with Crippen molar-refractivity contribution in [3.8, 4) is 28.7 Å². The summed E-state index contributed by atoms with van der Waals surface area (Å²) in [6.45, 7) is 0. The number of ether oxygens (including phenoxy) is 3. The lowest BCUT2D eigenvalue weighted by Gasteiger charge is -2.33. The van der Waals surface area contributed by atoms with Crippen LogP contribution in [0.5, 0.6) is 28.7 Å². The lowest BCUT2D eigenvalue weighted by Crippen LogP contribution is -2.31. The number of carbonyl (C=O) groups excluding carboxylic acids is 1. The molecule has 0 spiro atoms. The first-order valence-corrected chi connectivity index (χ1v) is 10.3. The number of aliphatic hydroxyl groups is 1. The number of phenolic OH excluding ortho intramolecular Hbond substituents is 2. The highest BCUT2D eigenvalue weighted by Gasteiger charge is 2.36. The van der Waals surface area contributed by atoms with E-state index in [1.807, 2.05) is 30.3 Å². The fraction of sp³-hybridized carbons (Fsp3) is 0.192. The van der Waals surface area contributed by atoms with Crippen LogP contribution in [-0.2, 0) is 6.42 Å². The van der Waals surface area contributed by atoms with Gasteiger partial charge in [0.2, 0.25) is 0 Å². The zero-order valence-corrected chi connectivity index (χ0v) is 18.2. The summed E-state index contributed by atoms with van der Waals surface area (Å²) in [5.74, 6) is -0.0953. The number of allylic oxidation sites excluding steroid dienone is 1. The Hall–Kier alpha value is -3.97. The van der Waals surface area contributed by atoms with Crippen molar-refractivity contribution in [3.05, 3.63) is 82.9 Å². The molecule has 2 atom stereocenters. The van der Waals surface area contributed by atoms with E-state index < -0.39 is 18.0 Å². The summed E-state index contributed by atoms with van der Waals surface area (Å²) in [7, 11) is 2.86. The molecule has 0 aliphatic carbocycles. The van der Waals surface area contributed by atoms with Crippen LogP contribution in [0, 0.1) is 0 Å². The minimum Gasteiger partial charge on any atom is -0.507 e. The molecule has 1 heterocycles. The highest BCUT2D eigenvalue weighted by atomic mass is 16.5. The van der Waals surface area contributed by atoms with Crippen molar-refractivity contribution in [3.63, 3.8) is 0 Å². The Kier molecular flexibility index (Phi) is 6.24. The molecule has 3 aromatic rings. The third kappa shape index (κ3) is 4.36. The van der Waals surface area contributed by atoms with Crippen LogP contribution in [0.15, 0.2) is 60.7 Å². The van der Waals surface area contributed by atoms with Crippen LogP contribution in [0.1, 0.15) is 33.2 Å². The minimum absolute atomic E-state index is 0.0133. The van der Waals surface area contributed by atoms with Crippen molar-refractivity contribution in [1.29, 1.82) is 0 Å². The number of benzene rings is 3. The average molecular weight is 448 g/mol. The van der Waals surface area contributed by atoms with Crippen molar-refractivity contribution in [1.82, 2.24) is 0 Å². The molecule has 4 rings (SSSR count). The summed E-state index contributed by atoms with van der Waals surface area (Å²) in [5, 5.41) is 31.4. The highest BCUT2D eigenvalue weighted by Crippen LogP contribution is 2.46. The summed E-state index contributed by atoms with van der Waals surface area (Å²) in [6.07, 6.45) is 1.33. The number of rotatable bonds is 6. The van der Waals surface area contributed by atoms with Gasteiger partial charge in [0.05, 0.1) is 20.3 Å². The van der Waals surface area contributed by atoms with Gasteiger partial charge >= 0.3 is 0 Å². The number of hydrogen-bond donors (Lipinski definition) is 3. The van der Waals surface area contributed by atoms with Gasteiger partial charge in [0.25, 0.3) is 0 Å². The number of carbonyl (C=O) groups is 1. The smallest absolute Gasteiger partial charge is 0.193 e. The molecular formula is C26H24O7. The van der Waals surface area contributed by atoms with Gasteiger partial charge in [0, 0.05) is 18.1 Å². The maximum Gasteiger partial charge on any atom is 0.193 e. The van der Waals surface area contributed by atoms with Crippen molar-refractivity contribution >= 4 is 11.9 Å². The quantitative estimate of drug-likeness (QED) is 0.386. The van der Waals surface area contributed by atoms with Gasteiger partial charge in [-0.15, -0.1) is 0 Å². The van der Waals surface area contributed by atoms with Gasteiger partial charge in [-0.1, -0.05) is 42.5 Å². The Morgan fingerprint density at radius 3 is 2.42 bits per heavy atom. The van der Waals surface area contributed by atoms with Crippen molar-refractivity contribution < 1.29 is 34.3 Å². The van der Waals surface area contributed by atoms with E-state index in [9.17, 15) is 20.1 Å². The third-order valence-corrected chi connectivity index (χ3v) is 5.56. The molecular weight excluding hydrogens is 424 g/mol. The number of aromatic hydroxyl groups is 2. The lowest BCUT2D eigenvalue weighted by atomic mass is 9.91. The Labute approximate surface area is 191 Å². The van der Waals surface area contributed by atoms with E-state index in [1.54, 1.807) is 18.2 Å². The van der Waals surface area contributed by atoms with Crippen LogP contribution in [0.3, 0.4) is 0 Å². The van der Waals surface area contributed by atoms with E-state index in [0.717, 1.165) is 5.56 Å². The van der Waals surface area contributed by atoms with Crippen molar-refractivity contribution in [2.24, 2.45) is 0 Å². The van der Waals surface area contributed by atoms with E-state index in [2.05, 4.69) is 0 Å². The Morgan fingerprint density at radius 1 is 1.00 bits per heavy atom. The summed E-state index contributed by atoms with van der Waals surface area (Å²) < 4.78 is 16.6. The molecule has 3 N–H and O–H groups in total. The monoisotopic (exact) mass is 448 g/mol. The molecule has 0 fully saturated rings. The Bertz CT molecular complexity index is 1200. The molecule has 0 amide bonds. The van der Waals surface area contributed by atoms with Crippen molar-refractivity contribution in [2.45, 2.75) is 18.6 Å². The van der Waals surface area contributed by atoms with Gasteiger partial charge in [0.15, 0.2) is 17.3 Å². The molecule has 7 nitrogen and oxygen atoms in total. The van der Waals surface area contributed by atoms with Crippen molar-refractivity contribution in [2.75, 3.05) is 14.2 Å². The molecule has 3 aromatic carbocycles. The second-order valence-electron chi connectivity index (χ2n) is 7.63.